The van der Waals surface area contributed by atoms with Gasteiger partial charge in [0.05, 0.1) is 10.7 Å². The van der Waals surface area contributed by atoms with Crippen molar-refractivity contribution in [2.24, 2.45) is 0 Å². The van der Waals surface area contributed by atoms with Crippen LogP contribution in [0.5, 0.6) is 0 Å². The van der Waals surface area contributed by atoms with E-state index in [1.54, 1.807) is 29.7 Å². The van der Waals surface area contributed by atoms with E-state index in [1.165, 1.54) is 0 Å². The van der Waals surface area contributed by atoms with Gasteiger partial charge in [-0.15, -0.1) is 0 Å². The maximum Gasteiger partial charge on any atom is 0.270 e. The first-order chi connectivity index (χ1) is 10.2. The number of pyridine rings is 1. The Hall–Kier alpha value is -2.33. The predicted octanol–water partition coefficient (Wildman–Crippen LogP) is 3.23. The van der Waals surface area contributed by atoms with Gasteiger partial charge in [0.15, 0.2) is 5.65 Å². The lowest BCUT2D eigenvalue weighted by Crippen LogP contribution is -2.24. The highest BCUT2D eigenvalue weighted by molar-refractivity contribution is 6.33. The molecule has 0 atom stereocenters. The number of aromatic nitrogens is 2. The molecular formula is C16H14ClN3O. The number of fused-ring (bicyclic) bond motifs is 1. The minimum absolute atomic E-state index is 0.161. The summed E-state index contributed by atoms with van der Waals surface area (Å²) in [5.41, 5.74) is 2.83. The van der Waals surface area contributed by atoms with Gasteiger partial charge in [-0.1, -0.05) is 41.9 Å². The summed E-state index contributed by atoms with van der Waals surface area (Å²) in [6.07, 6.45) is 1.79. The van der Waals surface area contributed by atoms with E-state index >= 15 is 0 Å². The molecule has 0 radical (unpaired) electrons. The fraction of sp³-hybridized carbons (Fsp3) is 0.125. The van der Waals surface area contributed by atoms with Crippen LogP contribution in [0.4, 0.5) is 0 Å². The van der Waals surface area contributed by atoms with Gasteiger partial charge in [0.2, 0.25) is 0 Å². The highest BCUT2D eigenvalue weighted by atomic mass is 35.5. The van der Waals surface area contributed by atoms with E-state index in [9.17, 15) is 4.79 Å². The maximum atomic E-state index is 12.4. The van der Waals surface area contributed by atoms with Crippen molar-refractivity contribution in [3.8, 4) is 0 Å². The van der Waals surface area contributed by atoms with Crippen molar-refractivity contribution in [3.05, 3.63) is 70.6 Å². The van der Waals surface area contributed by atoms with Gasteiger partial charge in [-0.25, -0.2) is 4.98 Å². The molecule has 3 aromatic rings. The van der Waals surface area contributed by atoms with E-state index in [4.69, 9.17) is 11.6 Å². The molecule has 0 saturated carbocycles. The molecule has 21 heavy (non-hydrogen) atoms. The van der Waals surface area contributed by atoms with Crippen molar-refractivity contribution in [1.29, 1.82) is 0 Å². The van der Waals surface area contributed by atoms with Crippen molar-refractivity contribution >= 4 is 23.2 Å². The van der Waals surface area contributed by atoms with Gasteiger partial charge in [-0.3, -0.25) is 9.20 Å². The zero-order valence-electron chi connectivity index (χ0n) is 11.5. The first kappa shape index (κ1) is 13.6. The number of imidazole rings is 1. The lowest BCUT2D eigenvalue weighted by Gasteiger charge is -2.06. The summed E-state index contributed by atoms with van der Waals surface area (Å²) in [6, 6.07) is 13.3. The summed E-state index contributed by atoms with van der Waals surface area (Å²) in [4.78, 5) is 16.8. The quantitative estimate of drug-likeness (QED) is 0.807. The van der Waals surface area contributed by atoms with Gasteiger partial charge >= 0.3 is 0 Å². The van der Waals surface area contributed by atoms with Crippen LogP contribution in [-0.2, 0) is 6.54 Å². The SMILES string of the molecule is Cc1nc2c(Cl)cccn2c1C(=O)NCc1ccccc1. The number of halogens is 1. The van der Waals surface area contributed by atoms with Crippen LogP contribution in [-0.4, -0.2) is 15.3 Å². The average molecular weight is 300 g/mol. The Balaban J connectivity index is 1.88. The highest BCUT2D eigenvalue weighted by Crippen LogP contribution is 2.19. The molecule has 0 aliphatic rings. The summed E-state index contributed by atoms with van der Waals surface area (Å²) in [7, 11) is 0. The lowest BCUT2D eigenvalue weighted by atomic mass is 10.2. The van der Waals surface area contributed by atoms with Crippen molar-refractivity contribution in [2.45, 2.75) is 13.5 Å². The van der Waals surface area contributed by atoms with Gasteiger partial charge in [0.25, 0.3) is 5.91 Å². The second kappa shape index (κ2) is 5.58. The number of rotatable bonds is 3. The van der Waals surface area contributed by atoms with Gasteiger partial charge in [0.1, 0.15) is 5.69 Å². The number of hydrogen-bond acceptors (Lipinski definition) is 2. The van der Waals surface area contributed by atoms with Gasteiger partial charge in [-0.05, 0) is 24.6 Å². The fourth-order valence-electron chi connectivity index (χ4n) is 2.28. The zero-order chi connectivity index (χ0) is 14.8. The Morgan fingerprint density at radius 3 is 2.76 bits per heavy atom. The lowest BCUT2D eigenvalue weighted by molar-refractivity contribution is 0.0944. The monoisotopic (exact) mass is 299 g/mol. The highest BCUT2D eigenvalue weighted by Gasteiger charge is 2.17. The van der Waals surface area contributed by atoms with E-state index < -0.39 is 0 Å². The number of carbonyl (C=O) groups is 1. The van der Waals surface area contributed by atoms with E-state index in [0.29, 0.717) is 28.6 Å². The molecule has 0 aliphatic heterocycles. The normalized spacial score (nSPS) is 10.8. The van der Waals surface area contributed by atoms with E-state index in [2.05, 4.69) is 10.3 Å². The van der Waals surface area contributed by atoms with Crippen LogP contribution in [0, 0.1) is 6.92 Å². The molecule has 106 valence electrons. The Kier molecular flexibility index (Phi) is 3.62. The summed E-state index contributed by atoms with van der Waals surface area (Å²) in [6.45, 7) is 2.29. The van der Waals surface area contributed by atoms with Crippen LogP contribution in [0.1, 0.15) is 21.7 Å². The summed E-state index contributed by atoms with van der Waals surface area (Å²) < 4.78 is 1.72. The molecule has 0 spiro atoms. The molecular weight excluding hydrogens is 286 g/mol. The van der Waals surface area contributed by atoms with E-state index in [0.717, 1.165) is 5.56 Å². The molecule has 1 amide bonds. The number of aryl methyl sites for hydroxylation is 1. The first-order valence-electron chi connectivity index (χ1n) is 6.62. The predicted molar refractivity (Wildman–Crippen MR) is 82.6 cm³/mol. The first-order valence-corrected chi connectivity index (χ1v) is 7.00. The molecule has 2 heterocycles. The van der Waals surface area contributed by atoms with Gasteiger partial charge < -0.3 is 5.32 Å². The minimum atomic E-state index is -0.161. The average Bonchev–Trinajstić information content (AvgIpc) is 2.84. The van der Waals surface area contributed by atoms with Crippen molar-refractivity contribution < 1.29 is 4.79 Å². The number of nitrogens with zero attached hydrogens (tertiary/aromatic N) is 2. The third-order valence-corrected chi connectivity index (χ3v) is 3.58. The Labute approximate surface area is 127 Å². The summed E-state index contributed by atoms with van der Waals surface area (Å²) >= 11 is 6.10. The summed E-state index contributed by atoms with van der Waals surface area (Å²) in [5, 5.41) is 3.44. The van der Waals surface area contributed by atoms with Crippen LogP contribution >= 0.6 is 11.6 Å². The fourth-order valence-corrected chi connectivity index (χ4v) is 2.49. The molecule has 0 unspecified atom stereocenters. The number of nitrogens with one attached hydrogen (secondary N) is 1. The van der Waals surface area contributed by atoms with Crippen LogP contribution < -0.4 is 5.32 Å². The topological polar surface area (TPSA) is 46.4 Å². The molecule has 4 nitrogen and oxygen atoms in total. The number of hydrogen-bond donors (Lipinski definition) is 1. The molecule has 0 fully saturated rings. The Morgan fingerprint density at radius 2 is 2.00 bits per heavy atom. The van der Waals surface area contributed by atoms with Gasteiger partial charge in [0, 0.05) is 12.7 Å². The Bertz CT molecular complexity index is 796. The minimum Gasteiger partial charge on any atom is -0.347 e. The van der Waals surface area contributed by atoms with Crippen LogP contribution in [0.3, 0.4) is 0 Å². The molecule has 0 saturated heterocycles. The smallest absolute Gasteiger partial charge is 0.270 e. The molecule has 1 aromatic carbocycles. The number of benzene rings is 1. The summed E-state index contributed by atoms with van der Waals surface area (Å²) in [5.74, 6) is -0.161. The molecule has 3 rings (SSSR count). The van der Waals surface area contributed by atoms with E-state index in [-0.39, 0.29) is 5.91 Å². The molecule has 1 N–H and O–H groups in total. The third kappa shape index (κ3) is 2.62. The van der Waals surface area contributed by atoms with Gasteiger partial charge in [-0.2, -0.15) is 0 Å². The molecule has 0 bridgehead atoms. The zero-order valence-corrected chi connectivity index (χ0v) is 12.3. The second-order valence-electron chi connectivity index (χ2n) is 4.76. The standard InChI is InChI=1S/C16H14ClN3O/c1-11-14(20-9-5-8-13(17)15(20)19-11)16(21)18-10-12-6-3-2-4-7-12/h2-9H,10H2,1H3,(H,18,21). The molecule has 0 aliphatic carbocycles. The van der Waals surface area contributed by atoms with Crippen LogP contribution in [0.25, 0.3) is 5.65 Å². The maximum absolute atomic E-state index is 12.4. The van der Waals surface area contributed by atoms with Crippen molar-refractivity contribution in [3.63, 3.8) is 0 Å². The van der Waals surface area contributed by atoms with Crippen LogP contribution in [0.2, 0.25) is 5.02 Å². The number of carbonyl (C=O) groups excluding carboxylic acids is 1. The number of amides is 1. The third-order valence-electron chi connectivity index (χ3n) is 3.29. The second-order valence-corrected chi connectivity index (χ2v) is 5.17. The van der Waals surface area contributed by atoms with Crippen molar-refractivity contribution in [2.75, 3.05) is 0 Å². The van der Waals surface area contributed by atoms with Crippen LogP contribution in [0.15, 0.2) is 48.7 Å². The molecule has 2 aromatic heterocycles. The Morgan fingerprint density at radius 1 is 1.24 bits per heavy atom. The molecule has 5 heteroatoms. The van der Waals surface area contributed by atoms with Crippen molar-refractivity contribution in [1.82, 2.24) is 14.7 Å². The van der Waals surface area contributed by atoms with E-state index in [1.807, 2.05) is 30.3 Å². The largest absolute Gasteiger partial charge is 0.347 e.